The van der Waals surface area contributed by atoms with Gasteiger partial charge in [-0.05, 0) is 48.8 Å². The molecule has 0 radical (unpaired) electrons. The van der Waals surface area contributed by atoms with E-state index in [0.717, 1.165) is 48.6 Å². The highest BCUT2D eigenvalue weighted by atomic mass is 79.9. The van der Waals surface area contributed by atoms with Crippen molar-refractivity contribution in [1.82, 2.24) is 14.9 Å². The van der Waals surface area contributed by atoms with Gasteiger partial charge in [0, 0.05) is 31.6 Å². The minimum absolute atomic E-state index is 0.541. The van der Waals surface area contributed by atoms with Crippen molar-refractivity contribution < 1.29 is 0 Å². The zero-order valence-corrected chi connectivity index (χ0v) is 14.4. The highest BCUT2D eigenvalue weighted by molar-refractivity contribution is 9.10. The molecule has 0 amide bonds. The summed E-state index contributed by atoms with van der Waals surface area (Å²) in [7, 11) is 2.21. The second-order valence-corrected chi connectivity index (χ2v) is 6.40. The summed E-state index contributed by atoms with van der Waals surface area (Å²) in [5.74, 6) is 2.03. The minimum Gasteiger partial charge on any atom is -0.352 e. The molecule has 112 valence electrons. The summed E-state index contributed by atoms with van der Waals surface area (Å²) < 4.78 is 0.901. The van der Waals surface area contributed by atoms with Gasteiger partial charge in [0.25, 0.3) is 0 Å². The Morgan fingerprint density at radius 3 is 2.80 bits per heavy atom. The summed E-state index contributed by atoms with van der Waals surface area (Å²) in [5.41, 5.74) is 0. The second-order valence-electron chi connectivity index (χ2n) is 5.59. The topological polar surface area (TPSA) is 32.3 Å². The lowest BCUT2D eigenvalue weighted by Crippen LogP contribution is -2.40. The van der Waals surface area contributed by atoms with Crippen molar-refractivity contribution in [2.75, 3.05) is 31.6 Å². The number of aromatic nitrogens is 2. The summed E-state index contributed by atoms with van der Waals surface area (Å²) in [5, 5.41) is 0. The van der Waals surface area contributed by atoms with Gasteiger partial charge >= 0.3 is 0 Å². The van der Waals surface area contributed by atoms with Crippen LogP contribution in [0, 0.1) is 0 Å². The van der Waals surface area contributed by atoms with Crippen LogP contribution in [-0.2, 0) is 6.42 Å². The number of hydrogen-bond donors (Lipinski definition) is 0. The molecule has 2 rings (SSSR count). The molecule has 1 aromatic rings. The molecule has 1 saturated heterocycles. The quantitative estimate of drug-likeness (QED) is 0.788. The van der Waals surface area contributed by atoms with Crippen molar-refractivity contribution >= 4 is 21.7 Å². The van der Waals surface area contributed by atoms with Crippen LogP contribution >= 0.6 is 15.9 Å². The number of halogens is 1. The number of nitrogens with zero attached hydrogens (tertiary/aromatic N) is 4. The Kier molecular flexibility index (Phi) is 5.78. The lowest BCUT2D eigenvalue weighted by molar-refractivity contribution is 0.327. The molecular formula is C15H25BrN4. The lowest BCUT2D eigenvalue weighted by atomic mass is 10.2. The van der Waals surface area contributed by atoms with Crippen LogP contribution in [0.25, 0.3) is 0 Å². The van der Waals surface area contributed by atoms with Gasteiger partial charge in [-0.1, -0.05) is 13.8 Å². The first-order valence-corrected chi connectivity index (χ1v) is 8.42. The monoisotopic (exact) mass is 340 g/mol. The average molecular weight is 341 g/mol. The van der Waals surface area contributed by atoms with Crippen molar-refractivity contribution in [3.63, 3.8) is 0 Å². The third-order valence-corrected chi connectivity index (χ3v) is 4.28. The van der Waals surface area contributed by atoms with Gasteiger partial charge < -0.3 is 9.80 Å². The van der Waals surface area contributed by atoms with Crippen LogP contribution in [-0.4, -0.2) is 47.6 Å². The van der Waals surface area contributed by atoms with Gasteiger partial charge in [-0.2, -0.15) is 0 Å². The van der Waals surface area contributed by atoms with E-state index in [0.29, 0.717) is 6.04 Å². The lowest BCUT2D eigenvalue weighted by Gasteiger charge is -2.31. The molecule has 4 nitrogen and oxygen atoms in total. The number of anilines is 1. The molecule has 0 bridgehead atoms. The van der Waals surface area contributed by atoms with Crippen LogP contribution in [0.1, 0.15) is 38.9 Å². The molecule has 1 aromatic heterocycles. The zero-order valence-electron chi connectivity index (χ0n) is 12.8. The molecule has 2 heterocycles. The third-order valence-electron chi connectivity index (χ3n) is 3.87. The van der Waals surface area contributed by atoms with Crippen LogP contribution in [0.15, 0.2) is 10.7 Å². The number of aryl methyl sites for hydroxylation is 1. The van der Waals surface area contributed by atoms with E-state index in [-0.39, 0.29) is 0 Å². The summed E-state index contributed by atoms with van der Waals surface area (Å²) in [6, 6.07) is 2.60. The first-order chi connectivity index (χ1) is 9.63. The van der Waals surface area contributed by atoms with E-state index in [4.69, 9.17) is 4.98 Å². The maximum Gasteiger partial charge on any atom is 0.133 e. The predicted molar refractivity (Wildman–Crippen MR) is 87.3 cm³/mol. The molecule has 0 saturated carbocycles. The number of rotatable bonds is 4. The zero-order chi connectivity index (χ0) is 14.5. The largest absolute Gasteiger partial charge is 0.352 e. The maximum atomic E-state index is 4.78. The molecule has 1 atom stereocenters. The van der Waals surface area contributed by atoms with E-state index in [9.17, 15) is 0 Å². The summed E-state index contributed by atoms with van der Waals surface area (Å²) in [6.45, 7) is 7.79. The summed E-state index contributed by atoms with van der Waals surface area (Å²) in [6.07, 6.45) is 4.36. The Hall–Kier alpha value is -0.680. The Labute approximate surface area is 130 Å². The highest BCUT2D eigenvalue weighted by Crippen LogP contribution is 2.23. The standard InChI is InChI=1S/C15H25BrN4/c1-4-7-14-17-13(16)10-15(18-14)20-9-6-8-19(3)11-12(20)5-2/h10,12H,4-9,11H2,1-3H3. The van der Waals surface area contributed by atoms with Gasteiger partial charge in [-0.3, -0.25) is 0 Å². The molecule has 1 fully saturated rings. The fourth-order valence-electron chi connectivity index (χ4n) is 2.83. The van der Waals surface area contributed by atoms with Gasteiger partial charge in [0.1, 0.15) is 16.2 Å². The van der Waals surface area contributed by atoms with Crippen LogP contribution in [0.5, 0.6) is 0 Å². The van der Waals surface area contributed by atoms with Crippen molar-refractivity contribution in [1.29, 1.82) is 0 Å². The van der Waals surface area contributed by atoms with E-state index in [1.54, 1.807) is 0 Å². The molecule has 20 heavy (non-hydrogen) atoms. The minimum atomic E-state index is 0.541. The molecule has 5 heteroatoms. The predicted octanol–water partition coefficient (Wildman–Crippen LogP) is 3.11. The Morgan fingerprint density at radius 2 is 2.10 bits per heavy atom. The Balaban J connectivity index is 2.27. The van der Waals surface area contributed by atoms with Gasteiger partial charge in [0.2, 0.25) is 0 Å². The van der Waals surface area contributed by atoms with Crippen LogP contribution in [0.4, 0.5) is 5.82 Å². The van der Waals surface area contributed by atoms with Crippen LogP contribution in [0.2, 0.25) is 0 Å². The van der Waals surface area contributed by atoms with E-state index in [1.165, 1.54) is 13.0 Å². The van der Waals surface area contributed by atoms with Gasteiger partial charge in [0.15, 0.2) is 0 Å². The van der Waals surface area contributed by atoms with Gasteiger partial charge in [-0.25, -0.2) is 9.97 Å². The first-order valence-electron chi connectivity index (χ1n) is 7.62. The second kappa shape index (κ2) is 7.36. The fourth-order valence-corrected chi connectivity index (χ4v) is 3.24. The van der Waals surface area contributed by atoms with Crippen LogP contribution < -0.4 is 4.90 Å². The van der Waals surface area contributed by atoms with E-state index in [1.807, 2.05) is 0 Å². The normalized spacial score (nSPS) is 21.0. The van der Waals surface area contributed by atoms with Crippen molar-refractivity contribution in [2.45, 2.75) is 45.6 Å². The van der Waals surface area contributed by atoms with Crippen molar-refractivity contribution in [3.05, 3.63) is 16.5 Å². The Morgan fingerprint density at radius 1 is 1.30 bits per heavy atom. The third kappa shape index (κ3) is 3.92. The summed E-state index contributed by atoms with van der Waals surface area (Å²) >= 11 is 3.53. The van der Waals surface area contributed by atoms with E-state index < -0.39 is 0 Å². The van der Waals surface area contributed by atoms with Crippen molar-refractivity contribution in [3.8, 4) is 0 Å². The molecule has 1 aliphatic rings. The maximum absolute atomic E-state index is 4.78. The van der Waals surface area contributed by atoms with Gasteiger partial charge in [-0.15, -0.1) is 0 Å². The molecule has 1 unspecified atom stereocenters. The van der Waals surface area contributed by atoms with E-state index >= 15 is 0 Å². The number of likely N-dealkylation sites (N-methyl/N-ethyl adjacent to an activating group) is 1. The Bertz CT molecular complexity index is 438. The fraction of sp³-hybridized carbons (Fsp3) is 0.733. The molecule has 0 aromatic carbocycles. The number of hydrogen-bond acceptors (Lipinski definition) is 4. The molecular weight excluding hydrogens is 316 g/mol. The van der Waals surface area contributed by atoms with Gasteiger partial charge in [0.05, 0.1) is 0 Å². The molecule has 0 N–H and O–H groups in total. The SMILES string of the molecule is CCCc1nc(Br)cc(N2CCCN(C)CC2CC)n1. The highest BCUT2D eigenvalue weighted by Gasteiger charge is 2.23. The van der Waals surface area contributed by atoms with E-state index in [2.05, 4.69) is 57.7 Å². The van der Waals surface area contributed by atoms with Crippen LogP contribution in [0.3, 0.4) is 0 Å². The average Bonchev–Trinajstić information content (AvgIpc) is 2.59. The molecule has 0 spiro atoms. The van der Waals surface area contributed by atoms with Crippen molar-refractivity contribution in [2.24, 2.45) is 0 Å². The molecule has 1 aliphatic heterocycles. The smallest absolute Gasteiger partial charge is 0.133 e. The molecule has 0 aliphatic carbocycles. The summed E-state index contributed by atoms with van der Waals surface area (Å²) in [4.78, 5) is 14.1. The first kappa shape index (κ1) is 15.7.